The van der Waals surface area contributed by atoms with Crippen LogP contribution >= 0.6 is 11.3 Å². The number of benzene rings is 2. The van der Waals surface area contributed by atoms with E-state index in [0.717, 1.165) is 5.56 Å². The SMILES string of the molecule is O=C(NCc1ccc(F)cc1)C1CCN(c2nc3ccsc3c(=O)n2-c2ccc(F)cc2)CC1. The molecule has 1 saturated heterocycles. The van der Waals surface area contributed by atoms with E-state index in [9.17, 15) is 18.4 Å². The van der Waals surface area contributed by atoms with E-state index < -0.39 is 0 Å². The number of hydrogen-bond donors (Lipinski definition) is 1. The fourth-order valence-electron chi connectivity index (χ4n) is 4.21. The van der Waals surface area contributed by atoms with Gasteiger partial charge in [-0.25, -0.2) is 18.3 Å². The lowest BCUT2D eigenvalue weighted by molar-refractivity contribution is -0.125. The zero-order valence-electron chi connectivity index (χ0n) is 18.2. The minimum atomic E-state index is -0.379. The standard InChI is InChI=1S/C25H22F2N4O2S/c26-18-3-1-16(2-4-18)15-28-23(32)17-9-12-30(13-10-17)25-29-21-11-14-34-22(21)24(33)31(25)20-7-5-19(27)6-8-20/h1-8,11,14,17H,9-10,12-13,15H2,(H,28,32). The molecule has 1 N–H and O–H groups in total. The maximum atomic E-state index is 13.5. The van der Waals surface area contributed by atoms with E-state index in [4.69, 9.17) is 4.98 Å². The number of amides is 1. The van der Waals surface area contributed by atoms with E-state index in [1.54, 1.807) is 24.3 Å². The molecule has 1 fully saturated rings. The number of nitrogens with zero attached hydrogens (tertiary/aromatic N) is 3. The number of rotatable bonds is 5. The Morgan fingerprint density at radius 2 is 1.65 bits per heavy atom. The van der Waals surface area contributed by atoms with Crippen molar-refractivity contribution in [3.8, 4) is 5.69 Å². The van der Waals surface area contributed by atoms with Crippen molar-refractivity contribution in [2.24, 2.45) is 5.92 Å². The van der Waals surface area contributed by atoms with Crippen molar-refractivity contribution in [2.75, 3.05) is 18.0 Å². The van der Waals surface area contributed by atoms with Gasteiger partial charge in [0.1, 0.15) is 16.3 Å². The Morgan fingerprint density at radius 1 is 1.00 bits per heavy atom. The number of piperidine rings is 1. The second-order valence-corrected chi connectivity index (χ2v) is 9.19. The van der Waals surface area contributed by atoms with Crippen LogP contribution in [0.15, 0.2) is 64.8 Å². The van der Waals surface area contributed by atoms with Crippen molar-refractivity contribution in [2.45, 2.75) is 19.4 Å². The van der Waals surface area contributed by atoms with Crippen LogP contribution in [0.1, 0.15) is 18.4 Å². The molecule has 0 bridgehead atoms. The molecule has 174 valence electrons. The highest BCUT2D eigenvalue weighted by Gasteiger charge is 2.28. The normalized spacial score (nSPS) is 14.5. The number of carbonyl (C=O) groups is 1. The van der Waals surface area contributed by atoms with Crippen LogP contribution in [0.25, 0.3) is 15.9 Å². The smallest absolute Gasteiger partial charge is 0.277 e. The molecular formula is C25H22F2N4O2S. The summed E-state index contributed by atoms with van der Waals surface area (Å²) in [6.45, 7) is 1.45. The average Bonchev–Trinajstić information content (AvgIpc) is 3.34. The molecule has 6 nitrogen and oxygen atoms in total. The molecule has 9 heteroatoms. The fraction of sp³-hybridized carbons (Fsp3) is 0.240. The predicted octanol–water partition coefficient (Wildman–Crippen LogP) is 4.26. The highest BCUT2D eigenvalue weighted by atomic mass is 32.1. The van der Waals surface area contributed by atoms with Gasteiger partial charge in [-0.05, 0) is 66.2 Å². The second kappa shape index (κ2) is 9.34. The van der Waals surface area contributed by atoms with Crippen molar-refractivity contribution in [1.29, 1.82) is 0 Å². The zero-order chi connectivity index (χ0) is 23.7. The number of carbonyl (C=O) groups excluding carboxylic acids is 1. The number of fused-ring (bicyclic) bond motifs is 1. The van der Waals surface area contributed by atoms with Crippen LogP contribution in [0.5, 0.6) is 0 Å². The molecule has 4 aromatic rings. The van der Waals surface area contributed by atoms with E-state index in [2.05, 4.69) is 5.32 Å². The van der Waals surface area contributed by atoms with Crippen molar-refractivity contribution in [3.63, 3.8) is 0 Å². The maximum absolute atomic E-state index is 13.5. The zero-order valence-corrected chi connectivity index (χ0v) is 19.0. The van der Waals surface area contributed by atoms with Gasteiger partial charge in [0.05, 0.1) is 11.2 Å². The van der Waals surface area contributed by atoms with Crippen molar-refractivity contribution in [1.82, 2.24) is 14.9 Å². The molecular weight excluding hydrogens is 458 g/mol. The summed E-state index contributed by atoms with van der Waals surface area (Å²) in [5.41, 5.74) is 1.82. The summed E-state index contributed by atoms with van der Waals surface area (Å²) < 4.78 is 28.6. The number of halogens is 2. The first kappa shape index (κ1) is 22.2. The topological polar surface area (TPSA) is 67.2 Å². The first-order valence-electron chi connectivity index (χ1n) is 11.0. The van der Waals surface area contributed by atoms with Crippen molar-refractivity contribution in [3.05, 3.63) is 87.5 Å². The average molecular weight is 481 g/mol. The summed E-state index contributed by atoms with van der Waals surface area (Å²) in [5, 5.41) is 4.76. The van der Waals surface area contributed by atoms with Gasteiger partial charge in [-0.2, -0.15) is 0 Å². The Balaban J connectivity index is 1.34. The molecule has 0 spiro atoms. The largest absolute Gasteiger partial charge is 0.352 e. The fourth-order valence-corrected chi connectivity index (χ4v) is 4.97. The molecule has 3 heterocycles. The number of nitrogens with one attached hydrogen (secondary N) is 1. The lowest BCUT2D eigenvalue weighted by Gasteiger charge is -2.33. The molecule has 1 aliphatic rings. The molecule has 2 aromatic carbocycles. The van der Waals surface area contributed by atoms with Gasteiger partial charge in [0.2, 0.25) is 11.9 Å². The third kappa shape index (κ3) is 4.43. The van der Waals surface area contributed by atoms with Gasteiger partial charge < -0.3 is 10.2 Å². The molecule has 5 rings (SSSR count). The van der Waals surface area contributed by atoms with Crippen LogP contribution < -0.4 is 15.8 Å². The van der Waals surface area contributed by atoms with E-state index >= 15 is 0 Å². The molecule has 2 aromatic heterocycles. The van der Waals surface area contributed by atoms with Gasteiger partial charge in [-0.1, -0.05) is 12.1 Å². The molecule has 0 saturated carbocycles. The Bertz CT molecular complexity index is 1380. The monoisotopic (exact) mass is 480 g/mol. The van der Waals surface area contributed by atoms with Gasteiger partial charge in [0.25, 0.3) is 5.56 Å². The second-order valence-electron chi connectivity index (χ2n) is 8.27. The molecule has 1 amide bonds. The molecule has 0 atom stereocenters. The third-order valence-electron chi connectivity index (χ3n) is 6.08. The Hall–Kier alpha value is -3.59. The van der Waals surface area contributed by atoms with Crippen LogP contribution in [0, 0.1) is 17.6 Å². The van der Waals surface area contributed by atoms with Crippen LogP contribution in [0.4, 0.5) is 14.7 Å². The van der Waals surface area contributed by atoms with E-state index in [-0.39, 0.29) is 29.0 Å². The summed E-state index contributed by atoms with van der Waals surface area (Å²) in [6.07, 6.45) is 1.21. The first-order chi connectivity index (χ1) is 16.5. The lowest BCUT2D eigenvalue weighted by Crippen LogP contribution is -2.42. The Labute approximate surface area is 198 Å². The molecule has 0 radical (unpaired) electrons. The van der Waals surface area contributed by atoms with Gasteiger partial charge >= 0.3 is 0 Å². The lowest BCUT2D eigenvalue weighted by atomic mass is 9.96. The minimum Gasteiger partial charge on any atom is -0.352 e. The van der Waals surface area contributed by atoms with E-state index in [1.807, 2.05) is 16.3 Å². The van der Waals surface area contributed by atoms with Gasteiger partial charge in [0, 0.05) is 25.6 Å². The van der Waals surface area contributed by atoms with Gasteiger partial charge in [0.15, 0.2) is 0 Å². The minimum absolute atomic E-state index is 0.0406. The van der Waals surface area contributed by atoms with Crippen molar-refractivity contribution >= 4 is 33.4 Å². The van der Waals surface area contributed by atoms with Gasteiger partial charge in [-0.15, -0.1) is 11.3 Å². The quantitative estimate of drug-likeness (QED) is 0.464. The summed E-state index contributed by atoms with van der Waals surface area (Å²) in [7, 11) is 0. The summed E-state index contributed by atoms with van der Waals surface area (Å²) in [6, 6.07) is 13.6. The highest BCUT2D eigenvalue weighted by molar-refractivity contribution is 7.17. The van der Waals surface area contributed by atoms with Crippen LogP contribution in [-0.4, -0.2) is 28.5 Å². The summed E-state index contributed by atoms with van der Waals surface area (Å²) in [5.74, 6) is -0.395. The third-order valence-corrected chi connectivity index (χ3v) is 6.97. The predicted molar refractivity (Wildman–Crippen MR) is 128 cm³/mol. The Morgan fingerprint density at radius 3 is 2.32 bits per heavy atom. The van der Waals surface area contributed by atoms with Gasteiger partial charge in [-0.3, -0.25) is 9.59 Å². The maximum Gasteiger partial charge on any atom is 0.277 e. The number of anilines is 1. The van der Waals surface area contributed by atoms with Crippen molar-refractivity contribution < 1.29 is 13.6 Å². The number of thiophene rings is 1. The highest BCUT2D eigenvalue weighted by Crippen LogP contribution is 2.26. The van der Waals surface area contributed by atoms with Crippen LogP contribution in [-0.2, 0) is 11.3 Å². The van der Waals surface area contributed by atoms with E-state index in [0.29, 0.717) is 54.3 Å². The Kier molecular flexibility index (Phi) is 6.10. The summed E-state index contributed by atoms with van der Waals surface area (Å²) >= 11 is 1.33. The molecule has 34 heavy (non-hydrogen) atoms. The first-order valence-corrected chi connectivity index (χ1v) is 11.9. The van der Waals surface area contributed by atoms with E-state index in [1.165, 1.54) is 40.2 Å². The van der Waals surface area contributed by atoms with Crippen LogP contribution in [0.3, 0.4) is 0 Å². The number of hydrogen-bond acceptors (Lipinski definition) is 5. The van der Waals surface area contributed by atoms with Crippen LogP contribution in [0.2, 0.25) is 0 Å². The molecule has 0 aliphatic carbocycles. The summed E-state index contributed by atoms with van der Waals surface area (Å²) in [4.78, 5) is 32.7. The molecule has 1 aliphatic heterocycles. The number of aromatic nitrogens is 2. The molecule has 0 unspecified atom stereocenters.